The lowest BCUT2D eigenvalue weighted by Crippen LogP contribution is -2.36. The molecule has 0 radical (unpaired) electrons. The maximum absolute atomic E-state index is 12.1. The van der Waals surface area contributed by atoms with Crippen molar-refractivity contribution in [2.24, 2.45) is 0 Å². The molecule has 0 bridgehead atoms. The molecule has 1 aromatic rings. The first-order valence-corrected chi connectivity index (χ1v) is 6.71. The second-order valence-corrected chi connectivity index (χ2v) is 5.23. The summed E-state index contributed by atoms with van der Waals surface area (Å²) in [6.07, 6.45) is 0.884. The van der Waals surface area contributed by atoms with E-state index in [1.807, 2.05) is 17.0 Å². The Morgan fingerprint density at radius 2 is 2.16 bits per heavy atom. The van der Waals surface area contributed by atoms with Crippen LogP contribution in [-0.4, -0.2) is 42.3 Å². The van der Waals surface area contributed by atoms with Crippen molar-refractivity contribution in [3.05, 3.63) is 34.9 Å². The van der Waals surface area contributed by atoms with Crippen LogP contribution in [0.3, 0.4) is 0 Å². The number of nitrogens with zero attached hydrogens (tertiary/aromatic N) is 1. The van der Waals surface area contributed by atoms with Crippen molar-refractivity contribution in [3.8, 4) is 0 Å². The maximum Gasteiger partial charge on any atom is 0.217 e. The van der Waals surface area contributed by atoms with Gasteiger partial charge in [0.05, 0.1) is 11.6 Å². The molecule has 0 spiro atoms. The van der Waals surface area contributed by atoms with E-state index in [4.69, 9.17) is 11.6 Å². The zero-order chi connectivity index (χ0) is 13.8. The highest BCUT2D eigenvalue weighted by atomic mass is 35.5. The predicted octanol–water partition coefficient (Wildman–Crippen LogP) is 1.73. The fourth-order valence-corrected chi connectivity index (χ4v) is 2.60. The van der Waals surface area contributed by atoms with Crippen LogP contribution in [0.1, 0.15) is 23.7 Å². The number of benzene rings is 1. The Morgan fingerprint density at radius 3 is 2.84 bits per heavy atom. The quantitative estimate of drug-likeness (QED) is 0.855. The van der Waals surface area contributed by atoms with Gasteiger partial charge in [0.1, 0.15) is 0 Å². The van der Waals surface area contributed by atoms with Crippen LogP contribution >= 0.6 is 11.6 Å². The van der Waals surface area contributed by atoms with Crippen LogP contribution in [0.4, 0.5) is 0 Å². The van der Waals surface area contributed by atoms with E-state index in [9.17, 15) is 9.59 Å². The van der Waals surface area contributed by atoms with E-state index >= 15 is 0 Å². The molecular formula is C14H17ClN2O2. The minimum atomic E-state index is -0.0238. The number of halogens is 1. The van der Waals surface area contributed by atoms with E-state index in [1.165, 1.54) is 6.92 Å². The Kier molecular flexibility index (Phi) is 4.56. The smallest absolute Gasteiger partial charge is 0.217 e. The highest BCUT2D eigenvalue weighted by molar-refractivity contribution is 6.34. The monoisotopic (exact) mass is 280 g/mol. The van der Waals surface area contributed by atoms with Gasteiger partial charge >= 0.3 is 0 Å². The van der Waals surface area contributed by atoms with Crippen molar-refractivity contribution in [2.45, 2.75) is 19.4 Å². The molecule has 1 N–H and O–H groups in total. The first kappa shape index (κ1) is 14.0. The molecule has 1 atom stereocenters. The molecule has 4 nitrogen and oxygen atoms in total. The Morgan fingerprint density at radius 1 is 1.42 bits per heavy atom. The van der Waals surface area contributed by atoms with Gasteiger partial charge in [0.2, 0.25) is 5.91 Å². The van der Waals surface area contributed by atoms with Gasteiger partial charge in [-0.2, -0.15) is 0 Å². The third-order valence-electron chi connectivity index (χ3n) is 3.22. The molecule has 1 unspecified atom stereocenters. The second kappa shape index (κ2) is 6.17. The molecule has 2 rings (SSSR count). The van der Waals surface area contributed by atoms with Crippen LogP contribution in [0, 0.1) is 0 Å². The van der Waals surface area contributed by atoms with Crippen molar-refractivity contribution in [1.82, 2.24) is 10.2 Å². The van der Waals surface area contributed by atoms with Gasteiger partial charge in [-0.3, -0.25) is 14.5 Å². The van der Waals surface area contributed by atoms with E-state index in [-0.39, 0.29) is 17.7 Å². The van der Waals surface area contributed by atoms with E-state index in [0.29, 0.717) is 17.1 Å². The number of carbonyl (C=O) groups is 2. The molecule has 1 saturated heterocycles. The molecule has 5 heteroatoms. The molecule has 102 valence electrons. The first-order valence-electron chi connectivity index (χ1n) is 6.33. The normalized spacial score (nSPS) is 19.4. The summed E-state index contributed by atoms with van der Waals surface area (Å²) in [5.74, 6) is -0.00152. The fraction of sp³-hybridized carbons (Fsp3) is 0.429. The van der Waals surface area contributed by atoms with Gasteiger partial charge in [-0.1, -0.05) is 23.7 Å². The average Bonchev–Trinajstić information content (AvgIpc) is 2.76. The van der Waals surface area contributed by atoms with Crippen LogP contribution in [0.2, 0.25) is 5.02 Å². The number of hydrogen-bond acceptors (Lipinski definition) is 3. The van der Waals surface area contributed by atoms with E-state index in [2.05, 4.69) is 5.32 Å². The standard InChI is InChI=1S/C14H17ClN2O2/c1-10(18)16-11-6-7-17(8-11)9-14(19)12-4-2-3-5-13(12)15/h2-5,11H,6-9H2,1H3,(H,16,18). The number of ketones is 1. The van der Waals surface area contributed by atoms with Crippen molar-refractivity contribution in [2.75, 3.05) is 19.6 Å². The molecule has 0 saturated carbocycles. The van der Waals surface area contributed by atoms with Crippen LogP contribution in [0.15, 0.2) is 24.3 Å². The van der Waals surface area contributed by atoms with Crippen molar-refractivity contribution >= 4 is 23.3 Å². The van der Waals surface area contributed by atoms with E-state index in [0.717, 1.165) is 19.5 Å². The summed E-state index contributed by atoms with van der Waals surface area (Å²) in [6.45, 7) is 3.40. The van der Waals surface area contributed by atoms with Crippen molar-refractivity contribution in [3.63, 3.8) is 0 Å². The van der Waals surface area contributed by atoms with Crippen molar-refractivity contribution < 1.29 is 9.59 Å². The summed E-state index contributed by atoms with van der Waals surface area (Å²) in [4.78, 5) is 25.2. The topological polar surface area (TPSA) is 49.4 Å². The van der Waals surface area contributed by atoms with Crippen LogP contribution in [0.5, 0.6) is 0 Å². The Hall–Kier alpha value is -1.39. The Labute approximate surface area is 117 Å². The van der Waals surface area contributed by atoms with Gasteiger partial charge in [0, 0.05) is 31.6 Å². The number of hydrogen-bond donors (Lipinski definition) is 1. The summed E-state index contributed by atoms with van der Waals surface area (Å²) in [6, 6.07) is 7.23. The third-order valence-corrected chi connectivity index (χ3v) is 3.55. The average molecular weight is 281 g/mol. The minimum absolute atomic E-state index is 0.0223. The van der Waals surface area contributed by atoms with Gasteiger partial charge in [0.25, 0.3) is 0 Å². The predicted molar refractivity (Wildman–Crippen MR) is 74.4 cm³/mol. The first-order chi connectivity index (χ1) is 9.06. The maximum atomic E-state index is 12.1. The molecule has 0 aliphatic carbocycles. The molecule has 1 amide bonds. The van der Waals surface area contributed by atoms with Crippen LogP contribution in [-0.2, 0) is 4.79 Å². The number of nitrogens with one attached hydrogen (secondary N) is 1. The largest absolute Gasteiger partial charge is 0.352 e. The fourth-order valence-electron chi connectivity index (χ4n) is 2.36. The lowest BCUT2D eigenvalue weighted by molar-refractivity contribution is -0.119. The number of likely N-dealkylation sites (tertiary alicyclic amines) is 1. The molecule has 1 heterocycles. The molecule has 1 aliphatic rings. The summed E-state index contributed by atoms with van der Waals surface area (Å²) in [7, 11) is 0. The lowest BCUT2D eigenvalue weighted by Gasteiger charge is -2.15. The highest BCUT2D eigenvalue weighted by Crippen LogP contribution is 2.17. The summed E-state index contributed by atoms with van der Waals surface area (Å²) in [5, 5.41) is 3.37. The molecule has 19 heavy (non-hydrogen) atoms. The Balaban J connectivity index is 1.91. The third kappa shape index (κ3) is 3.78. The summed E-state index contributed by atoms with van der Waals surface area (Å²) < 4.78 is 0. The molecular weight excluding hydrogens is 264 g/mol. The number of Topliss-reactive ketones (excluding diaryl/α,β-unsaturated/α-hetero) is 1. The summed E-state index contributed by atoms with van der Waals surface area (Å²) >= 11 is 6.01. The zero-order valence-corrected chi connectivity index (χ0v) is 11.6. The zero-order valence-electron chi connectivity index (χ0n) is 10.9. The van der Waals surface area contributed by atoms with E-state index in [1.54, 1.807) is 12.1 Å². The van der Waals surface area contributed by atoms with Gasteiger partial charge in [0.15, 0.2) is 5.78 Å². The molecule has 1 fully saturated rings. The number of amides is 1. The van der Waals surface area contributed by atoms with Gasteiger partial charge < -0.3 is 5.32 Å². The highest BCUT2D eigenvalue weighted by Gasteiger charge is 2.25. The van der Waals surface area contributed by atoms with Crippen LogP contribution in [0.25, 0.3) is 0 Å². The molecule has 1 aromatic carbocycles. The van der Waals surface area contributed by atoms with E-state index < -0.39 is 0 Å². The van der Waals surface area contributed by atoms with Crippen LogP contribution < -0.4 is 5.32 Å². The SMILES string of the molecule is CC(=O)NC1CCN(CC(=O)c2ccccc2Cl)C1. The van der Waals surface area contributed by atoms with Gasteiger partial charge in [-0.15, -0.1) is 0 Å². The molecule has 1 aliphatic heterocycles. The number of rotatable bonds is 4. The minimum Gasteiger partial charge on any atom is -0.352 e. The summed E-state index contributed by atoms with van der Waals surface area (Å²) in [5.41, 5.74) is 0.562. The van der Waals surface area contributed by atoms with Crippen molar-refractivity contribution in [1.29, 1.82) is 0 Å². The lowest BCUT2D eigenvalue weighted by atomic mass is 10.1. The van der Waals surface area contributed by atoms with Gasteiger partial charge in [-0.05, 0) is 18.6 Å². The number of carbonyl (C=O) groups excluding carboxylic acids is 2. The molecule has 0 aromatic heterocycles. The second-order valence-electron chi connectivity index (χ2n) is 4.82. The van der Waals surface area contributed by atoms with Gasteiger partial charge in [-0.25, -0.2) is 0 Å². The Bertz CT molecular complexity index is 490.